The average Bonchev–Trinajstić information content (AvgIpc) is 3.70. The van der Waals surface area contributed by atoms with Gasteiger partial charge in [0.25, 0.3) is 11.8 Å². The lowest BCUT2D eigenvalue weighted by atomic mass is 9.79. The lowest BCUT2D eigenvalue weighted by Crippen LogP contribution is -2.51. The quantitative estimate of drug-likeness (QED) is 0.327. The highest BCUT2D eigenvalue weighted by atomic mass is 32.1. The van der Waals surface area contributed by atoms with Crippen molar-refractivity contribution in [2.75, 3.05) is 60.4 Å². The summed E-state index contributed by atoms with van der Waals surface area (Å²) in [4.78, 5) is 37.6. The third-order valence-corrected chi connectivity index (χ3v) is 10.9. The molecule has 228 valence electrons. The third-order valence-electron chi connectivity index (χ3n) is 9.96. The number of rotatable bonds is 5. The minimum atomic E-state index is -0.0844. The van der Waals surface area contributed by atoms with Gasteiger partial charge in [-0.05, 0) is 82.0 Å². The van der Waals surface area contributed by atoms with Gasteiger partial charge in [0.15, 0.2) is 5.69 Å². The Balaban J connectivity index is 1.19. The molecule has 0 saturated carbocycles. The first-order valence-electron chi connectivity index (χ1n) is 15.6. The molecule has 0 bridgehead atoms. The van der Waals surface area contributed by atoms with Gasteiger partial charge in [-0.3, -0.25) is 14.5 Å². The SMILES string of the molecule is CN1CCN(C(=O)c2nn(-c3cccc(C(=O)N4CCC(c5ccccc5)(N(C)C)CC4)c3)c3c2CCc2sccc2-3)CC1. The van der Waals surface area contributed by atoms with E-state index in [-0.39, 0.29) is 17.4 Å². The molecule has 2 fully saturated rings. The Labute approximate surface area is 263 Å². The van der Waals surface area contributed by atoms with E-state index in [1.165, 1.54) is 10.4 Å². The third kappa shape index (κ3) is 4.97. The Bertz CT molecular complexity index is 1680. The van der Waals surface area contributed by atoms with Crippen LogP contribution in [0.4, 0.5) is 0 Å². The first-order valence-corrected chi connectivity index (χ1v) is 16.5. The fourth-order valence-electron chi connectivity index (χ4n) is 7.24. The van der Waals surface area contributed by atoms with E-state index in [1.54, 1.807) is 11.3 Å². The van der Waals surface area contributed by atoms with Crippen LogP contribution >= 0.6 is 11.3 Å². The predicted octanol–water partition coefficient (Wildman–Crippen LogP) is 4.78. The van der Waals surface area contributed by atoms with Crippen molar-refractivity contribution >= 4 is 23.2 Å². The molecule has 0 spiro atoms. The summed E-state index contributed by atoms with van der Waals surface area (Å²) in [5.41, 5.74) is 6.39. The van der Waals surface area contributed by atoms with Crippen LogP contribution in [0.15, 0.2) is 66.0 Å². The molecule has 2 aromatic heterocycles. The van der Waals surface area contributed by atoms with Crippen LogP contribution in [-0.4, -0.2) is 102 Å². The van der Waals surface area contributed by atoms with E-state index in [0.29, 0.717) is 37.4 Å². The molecule has 8 nitrogen and oxygen atoms in total. The number of fused-ring (bicyclic) bond motifs is 3. The summed E-state index contributed by atoms with van der Waals surface area (Å²) in [6.07, 6.45) is 3.46. The second kappa shape index (κ2) is 11.6. The zero-order valence-corrected chi connectivity index (χ0v) is 26.6. The number of likely N-dealkylation sites (tertiary alicyclic amines) is 1. The van der Waals surface area contributed by atoms with E-state index < -0.39 is 0 Å². The summed E-state index contributed by atoms with van der Waals surface area (Å²) in [7, 11) is 6.37. The number of piperazine rings is 1. The minimum Gasteiger partial charge on any atom is -0.338 e. The largest absolute Gasteiger partial charge is 0.338 e. The molecule has 3 aliphatic rings. The van der Waals surface area contributed by atoms with Crippen LogP contribution in [0.5, 0.6) is 0 Å². The maximum absolute atomic E-state index is 13.9. The molecule has 0 atom stereocenters. The van der Waals surface area contributed by atoms with E-state index in [0.717, 1.165) is 61.3 Å². The molecule has 2 amide bonds. The van der Waals surface area contributed by atoms with Gasteiger partial charge in [0, 0.05) is 66.4 Å². The number of benzene rings is 2. The van der Waals surface area contributed by atoms with E-state index in [4.69, 9.17) is 5.10 Å². The van der Waals surface area contributed by atoms with Gasteiger partial charge < -0.3 is 14.7 Å². The number of aromatic nitrogens is 2. The highest BCUT2D eigenvalue weighted by molar-refractivity contribution is 7.10. The van der Waals surface area contributed by atoms with E-state index in [1.807, 2.05) is 38.7 Å². The summed E-state index contributed by atoms with van der Waals surface area (Å²) < 4.78 is 1.92. The van der Waals surface area contributed by atoms with Crippen molar-refractivity contribution in [1.29, 1.82) is 0 Å². The molecule has 1 aliphatic carbocycles. The fourth-order valence-corrected chi connectivity index (χ4v) is 8.12. The van der Waals surface area contributed by atoms with Crippen molar-refractivity contribution in [3.8, 4) is 16.9 Å². The monoisotopic (exact) mass is 608 g/mol. The summed E-state index contributed by atoms with van der Waals surface area (Å²) in [5.74, 6) is 0.0494. The highest BCUT2D eigenvalue weighted by Gasteiger charge is 2.39. The predicted molar refractivity (Wildman–Crippen MR) is 175 cm³/mol. The van der Waals surface area contributed by atoms with Gasteiger partial charge >= 0.3 is 0 Å². The first kappa shape index (κ1) is 29.0. The van der Waals surface area contributed by atoms with Gasteiger partial charge in [0.2, 0.25) is 0 Å². The molecule has 9 heteroatoms. The molecule has 7 rings (SSSR count). The zero-order valence-electron chi connectivity index (χ0n) is 25.8. The molecule has 0 radical (unpaired) electrons. The van der Waals surface area contributed by atoms with Crippen molar-refractivity contribution in [3.63, 3.8) is 0 Å². The Morgan fingerprint density at radius 1 is 0.841 bits per heavy atom. The second-order valence-corrected chi connectivity index (χ2v) is 13.6. The van der Waals surface area contributed by atoms with E-state index in [9.17, 15) is 9.59 Å². The van der Waals surface area contributed by atoms with Crippen LogP contribution in [0.2, 0.25) is 0 Å². The van der Waals surface area contributed by atoms with Gasteiger partial charge in [0.1, 0.15) is 0 Å². The van der Waals surface area contributed by atoms with Crippen LogP contribution in [0.3, 0.4) is 0 Å². The molecule has 2 aromatic carbocycles. The van der Waals surface area contributed by atoms with Crippen LogP contribution in [0.25, 0.3) is 16.9 Å². The van der Waals surface area contributed by atoms with Crippen molar-refractivity contribution < 1.29 is 9.59 Å². The molecule has 0 unspecified atom stereocenters. The van der Waals surface area contributed by atoms with Crippen molar-refractivity contribution in [3.05, 3.63) is 93.3 Å². The summed E-state index contributed by atoms with van der Waals surface area (Å²) in [6, 6.07) is 20.6. The zero-order chi connectivity index (χ0) is 30.4. The molecule has 4 aromatic rings. The number of thiophene rings is 1. The van der Waals surface area contributed by atoms with Crippen molar-refractivity contribution in [2.45, 2.75) is 31.2 Å². The number of hydrogen-bond acceptors (Lipinski definition) is 6. The van der Waals surface area contributed by atoms with Gasteiger partial charge in [-0.15, -0.1) is 11.3 Å². The molecule has 4 heterocycles. The number of carbonyl (C=O) groups is 2. The summed E-state index contributed by atoms with van der Waals surface area (Å²) in [6.45, 7) is 4.53. The first-order chi connectivity index (χ1) is 21.4. The van der Waals surface area contributed by atoms with Crippen LogP contribution in [0, 0.1) is 0 Å². The van der Waals surface area contributed by atoms with Gasteiger partial charge in [-0.1, -0.05) is 36.4 Å². The van der Waals surface area contributed by atoms with Crippen LogP contribution in [-0.2, 0) is 18.4 Å². The van der Waals surface area contributed by atoms with Crippen LogP contribution < -0.4 is 0 Å². The average molecular weight is 609 g/mol. The second-order valence-electron chi connectivity index (χ2n) is 12.6. The topological polar surface area (TPSA) is 64.9 Å². The van der Waals surface area contributed by atoms with Crippen molar-refractivity contribution in [2.24, 2.45) is 0 Å². The smallest absolute Gasteiger partial charge is 0.274 e. The number of aryl methyl sites for hydroxylation is 1. The summed E-state index contributed by atoms with van der Waals surface area (Å²) in [5, 5.41) is 7.13. The molecule has 2 aliphatic heterocycles. The number of hydrogen-bond donors (Lipinski definition) is 0. The number of nitrogens with zero attached hydrogens (tertiary/aromatic N) is 6. The normalized spacial score (nSPS) is 18.3. The highest BCUT2D eigenvalue weighted by Crippen LogP contribution is 2.40. The maximum Gasteiger partial charge on any atom is 0.274 e. The fraction of sp³-hybridized carbons (Fsp3) is 0.400. The number of amides is 2. The Morgan fingerprint density at radius 2 is 1.57 bits per heavy atom. The molecule has 0 N–H and O–H groups in total. The lowest BCUT2D eigenvalue weighted by molar-refractivity contribution is 0.0411. The van der Waals surface area contributed by atoms with Gasteiger partial charge in [-0.25, -0.2) is 4.68 Å². The Kier molecular flexibility index (Phi) is 7.64. The summed E-state index contributed by atoms with van der Waals surface area (Å²) >= 11 is 1.76. The Morgan fingerprint density at radius 3 is 2.30 bits per heavy atom. The molecule has 2 saturated heterocycles. The lowest BCUT2D eigenvalue weighted by Gasteiger charge is -2.46. The standard InChI is InChI=1S/C35H40N6O2S/c1-37(2)35(26-9-5-4-6-10-26)15-17-39(18-16-35)33(42)25-8-7-11-27(24-25)41-32-28-14-23-44-30(28)13-12-29(32)31(36-41)34(43)40-21-19-38(3)20-22-40/h4-11,14,23-24H,12-13,15-22H2,1-3H3. The molecule has 44 heavy (non-hydrogen) atoms. The minimum absolute atomic E-state index is 0.00937. The van der Waals surface area contributed by atoms with Crippen molar-refractivity contribution in [1.82, 2.24) is 29.4 Å². The number of likely N-dealkylation sites (N-methyl/N-ethyl adjacent to an activating group) is 1. The number of piperidine rings is 1. The van der Waals surface area contributed by atoms with Gasteiger partial charge in [-0.2, -0.15) is 5.10 Å². The van der Waals surface area contributed by atoms with E-state index >= 15 is 0 Å². The Hall–Kier alpha value is -3.79. The molecular weight excluding hydrogens is 568 g/mol. The molecular formula is C35H40N6O2S. The van der Waals surface area contributed by atoms with Gasteiger partial charge in [0.05, 0.1) is 11.4 Å². The maximum atomic E-state index is 13.9. The van der Waals surface area contributed by atoms with E-state index in [2.05, 4.69) is 72.7 Å². The number of carbonyl (C=O) groups excluding carboxylic acids is 2. The van der Waals surface area contributed by atoms with Crippen LogP contribution in [0.1, 0.15) is 49.7 Å².